The van der Waals surface area contributed by atoms with Crippen LogP contribution in [0.25, 0.3) is 0 Å². The fourth-order valence-corrected chi connectivity index (χ4v) is 3.71. The molecule has 1 fully saturated rings. The molecule has 2 aromatic rings. The number of nitrogens with zero attached hydrogens (tertiary/aromatic N) is 1. The predicted molar refractivity (Wildman–Crippen MR) is 109 cm³/mol. The van der Waals surface area contributed by atoms with E-state index in [9.17, 15) is 14.0 Å². The number of amides is 2. The highest BCUT2D eigenvalue weighted by Crippen LogP contribution is 2.18. The van der Waals surface area contributed by atoms with E-state index in [1.807, 2.05) is 13.8 Å². The molecule has 1 atom stereocenters. The van der Waals surface area contributed by atoms with Crippen LogP contribution in [-0.4, -0.2) is 56.0 Å². The second kappa shape index (κ2) is 9.75. The number of methoxy groups -OCH3 is 1. The maximum Gasteiger partial charge on any atom is 0.287 e. The first-order valence-corrected chi connectivity index (χ1v) is 10.2. The molecule has 1 saturated heterocycles. The van der Waals surface area contributed by atoms with Gasteiger partial charge in [0.15, 0.2) is 5.76 Å². The normalized spacial score (nSPS) is 15.8. The molecular weight excluding hydrogens is 389 g/mol. The number of piperazine rings is 1. The number of carbonyl (C=O) groups is 2. The van der Waals surface area contributed by atoms with Crippen molar-refractivity contribution in [1.82, 2.24) is 10.2 Å². The van der Waals surface area contributed by atoms with Crippen molar-refractivity contribution in [1.29, 1.82) is 0 Å². The fourth-order valence-electron chi connectivity index (χ4n) is 3.71. The van der Waals surface area contributed by atoms with Crippen LogP contribution in [-0.2, 0) is 11.3 Å². The van der Waals surface area contributed by atoms with Gasteiger partial charge in [-0.3, -0.25) is 9.59 Å². The summed E-state index contributed by atoms with van der Waals surface area (Å²) in [5, 5.41) is 2.80. The molecule has 2 heterocycles. The molecule has 8 heteroatoms. The SMILES string of the molecule is COc1ccc(F)cc1C[NH+]1CCN(C(=O)[C@@H](NC(=O)c2ccco2)C(C)C)CC1. The molecule has 0 bridgehead atoms. The topological polar surface area (TPSA) is 76.2 Å². The third-order valence-corrected chi connectivity index (χ3v) is 5.43. The molecule has 2 N–H and O–H groups in total. The summed E-state index contributed by atoms with van der Waals surface area (Å²) in [4.78, 5) is 28.4. The summed E-state index contributed by atoms with van der Waals surface area (Å²) in [7, 11) is 1.58. The Morgan fingerprint density at radius 3 is 2.60 bits per heavy atom. The van der Waals surface area contributed by atoms with Crippen LogP contribution in [0.1, 0.15) is 30.0 Å². The first-order chi connectivity index (χ1) is 14.4. The van der Waals surface area contributed by atoms with Crippen molar-refractivity contribution < 1.29 is 28.0 Å². The summed E-state index contributed by atoms with van der Waals surface area (Å²) in [6, 6.07) is 7.11. The van der Waals surface area contributed by atoms with E-state index in [4.69, 9.17) is 9.15 Å². The van der Waals surface area contributed by atoms with E-state index in [0.29, 0.717) is 25.4 Å². The molecule has 0 radical (unpaired) electrons. The summed E-state index contributed by atoms with van der Waals surface area (Å²) >= 11 is 0. The third-order valence-electron chi connectivity index (χ3n) is 5.43. The highest BCUT2D eigenvalue weighted by Gasteiger charge is 2.32. The first kappa shape index (κ1) is 21.8. The van der Waals surface area contributed by atoms with Crippen LogP contribution in [0.2, 0.25) is 0 Å². The van der Waals surface area contributed by atoms with Crippen LogP contribution in [0.15, 0.2) is 41.0 Å². The molecule has 1 aliphatic heterocycles. The van der Waals surface area contributed by atoms with Crippen molar-refractivity contribution in [3.05, 3.63) is 53.7 Å². The lowest BCUT2D eigenvalue weighted by atomic mass is 10.0. The number of hydrogen-bond acceptors (Lipinski definition) is 4. The largest absolute Gasteiger partial charge is 0.496 e. The minimum Gasteiger partial charge on any atom is -0.496 e. The highest BCUT2D eigenvalue weighted by molar-refractivity contribution is 5.95. The fraction of sp³-hybridized carbons (Fsp3) is 0.455. The van der Waals surface area contributed by atoms with Gasteiger partial charge >= 0.3 is 0 Å². The van der Waals surface area contributed by atoms with Gasteiger partial charge in [-0.2, -0.15) is 0 Å². The van der Waals surface area contributed by atoms with E-state index >= 15 is 0 Å². The Morgan fingerprint density at radius 2 is 2.00 bits per heavy atom. The van der Waals surface area contributed by atoms with E-state index in [1.54, 1.807) is 30.2 Å². The molecular formula is C22H29FN3O4+. The molecule has 162 valence electrons. The van der Waals surface area contributed by atoms with Gasteiger partial charge in [0, 0.05) is 0 Å². The first-order valence-electron chi connectivity index (χ1n) is 10.2. The van der Waals surface area contributed by atoms with E-state index in [-0.39, 0.29) is 23.4 Å². The number of nitrogens with one attached hydrogen (secondary N) is 2. The number of rotatable bonds is 7. The van der Waals surface area contributed by atoms with Crippen LogP contribution >= 0.6 is 0 Å². The maximum atomic E-state index is 13.6. The van der Waals surface area contributed by atoms with Crippen molar-refractivity contribution in [2.45, 2.75) is 26.4 Å². The van der Waals surface area contributed by atoms with Crippen LogP contribution in [0.5, 0.6) is 5.75 Å². The van der Waals surface area contributed by atoms with Crippen LogP contribution in [0, 0.1) is 11.7 Å². The Kier molecular flexibility index (Phi) is 7.10. The summed E-state index contributed by atoms with van der Waals surface area (Å²) < 4.78 is 24.1. The predicted octanol–water partition coefficient (Wildman–Crippen LogP) is 1.11. The van der Waals surface area contributed by atoms with Crippen molar-refractivity contribution in [3.8, 4) is 5.75 Å². The summed E-state index contributed by atoms with van der Waals surface area (Å²) in [5.74, 6) is 0.0286. The van der Waals surface area contributed by atoms with E-state index in [0.717, 1.165) is 18.7 Å². The van der Waals surface area contributed by atoms with Gasteiger partial charge in [-0.05, 0) is 36.2 Å². The lowest BCUT2D eigenvalue weighted by Crippen LogP contribution is -3.13. The monoisotopic (exact) mass is 418 g/mol. The van der Waals surface area contributed by atoms with E-state index < -0.39 is 11.9 Å². The molecule has 7 nitrogen and oxygen atoms in total. The quantitative estimate of drug-likeness (QED) is 0.706. The van der Waals surface area contributed by atoms with E-state index in [1.165, 1.54) is 23.3 Å². The number of hydrogen-bond donors (Lipinski definition) is 2. The second-order valence-corrected chi connectivity index (χ2v) is 7.88. The van der Waals surface area contributed by atoms with Crippen molar-refractivity contribution in [2.75, 3.05) is 33.3 Å². The lowest BCUT2D eigenvalue weighted by molar-refractivity contribution is -0.917. The minimum atomic E-state index is -0.618. The number of benzene rings is 1. The van der Waals surface area contributed by atoms with Gasteiger partial charge in [-0.15, -0.1) is 0 Å². The third kappa shape index (κ3) is 5.18. The average Bonchev–Trinajstić information content (AvgIpc) is 3.27. The molecule has 0 saturated carbocycles. The zero-order chi connectivity index (χ0) is 21.7. The zero-order valence-corrected chi connectivity index (χ0v) is 17.6. The Morgan fingerprint density at radius 1 is 1.27 bits per heavy atom. The molecule has 0 aliphatic carbocycles. The molecule has 0 spiro atoms. The Hall–Kier alpha value is -2.87. The molecule has 0 unspecified atom stereocenters. The molecule has 1 aliphatic rings. The summed E-state index contributed by atoms with van der Waals surface area (Å²) in [6.07, 6.45) is 1.43. The maximum absolute atomic E-state index is 13.6. The smallest absolute Gasteiger partial charge is 0.287 e. The molecule has 30 heavy (non-hydrogen) atoms. The van der Waals surface area contributed by atoms with Crippen LogP contribution in [0.3, 0.4) is 0 Å². The Balaban J connectivity index is 1.58. The minimum absolute atomic E-state index is 0.0571. The molecule has 1 aromatic carbocycles. The lowest BCUT2D eigenvalue weighted by Gasteiger charge is -2.35. The number of ether oxygens (including phenoxy) is 1. The number of halogens is 1. The average molecular weight is 418 g/mol. The van der Waals surface area contributed by atoms with E-state index in [2.05, 4.69) is 5.32 Å². The van der Waals surface area contributed by atoms with Gasteiger partial charge in [0.05, 0.1) is 45.1 Å². The van der Waals surface area contributed by atoms with Gasteiger partial charge in [0.1, 0.15) is 24.2 Å². The Labute approximate surface area is 175 Å². The number of furan rings is 1. The van der Waals surface area contributed by atoms with Gasteiger partial charge in [0.2, 0.25) is 5.91 Å². The molecule has 1 aromatic heterocycles. The van der Waals surface area contributed by atoms with Gasteiger partial charge in [-0.1, -0.05) is 13.8 Å². The highest BCUT2D eigenvalue weighted by atomic mass is 19.1. The summed E-state index contributed by atoms with van der Waals surface area (Å²) in [5.41, 5.74) is 0.818. The molecule has 2 amide bonds. The van der Waals surface area contributed by atoms with Gasteiger partial charge in [0.25, 0.3) is 5.91 Å². The van der Waals surface area contributed by atoms with Crippen LogP contribution < -0.4 is 15.0 Å². The second-order valence-electron chi connectivity index (χ2n) is 7.88. The van der Waals surface area contributed by atoms with Crippen LogP contribution in [0.4, 0.5) is 4.39 Å². The van der Waals surface area contributed by atoms with Crippen molar-refractivity contribution in [2.24, 2.45) is 5.92 Å². The Bertz CT molecular complexity index is 861. The van der Waals surface area contributed by atoms with Gasteiger partial charge < -0.3 is 24.3 Å². The van der Waals surface area contributed by atoms with Crippen molar-refractivity contribution >= 4 is 11.8 Å². The standard InChI is InChI=1S/C22H28FN3O4/c1-15(2)20(24-21(27)19-5-4-12-30-19)22(28)26-10-8-25(9-11-26)14-16-13-17(23)6-7-18(16)29-3/h4-7,12-13,15,20H,8-11,14H2,1-3H3,(H,24,27)/p+1/t20-/m0/s1. The zero-order valence-electron chi connectivity index (χ0n) is 17.6. The number of carbonyl (C=O) groups excluding carboxylic acids is 2. The van der Waals surface area contributed by atoms with Crippen molar-refractivity contribution in [3.63, 3.8) is 0 Å². The van der Waals surface area contributed by atoms with Gasteiger partial charge in [-0.25, -0.2) is 4.39 Å². The number of quaternary nitrogens is 1. The molecule has 3 rings (SSSR count). The summed E-state index contributed by atoms with van der Waals surface area (Å²) in [6.45, 7) is 7.07.